The lowest BCUT2D eigenvalue weighted by Gasteiger charge is -2.45. The van der Waals surface area contributed by atoms with Crippen LogP contribution in [0.4, 0.5) is 34.1 Å². The van der Waals surface area contributed by atoms with Crippen molar-refractivity contribution >= 4 is 57.2 Å². The maximum absolute atomic E-state index is 2.53. The number of hydrogen-bond donors (Lipinski definition) is 0. The van der Waals surface area contributed by atoms with Crippen LogP contribution in [0.25, 0.3) is 0 Å². The van der Waals surface area contributed by atoms with Crippen molar-refractivity contribution in [3.8, 4) is 0 Å². The summed E-state index contributed by atoms with van der Waals surface area (Å²) in [5.41, 5.74) is 19.7. The van der Waals surface area contributed by atoms with Gasteiger partial charge in [0.25, 0.3) is 6.71 Å². The number of rotatable bonds is 2. The minimum Gasteiger partial charge on any atom is -0.311 e. The molecule has 0 atom stereocenters. The summed E-state index contributed by atoms with van der Waals surface area (Å²) in [7, 11) is 0. The predicted molar refractivity (Wildman–Crippen MR) is 197 cm³/mol. The number of benzene rings is 5. The van der Waals surface area contributed by atoms with Crippen molar-refractivity contribution in [2.75, 3.05) is 9.80 Å². The molecule has 0 amide bonds. The Bertz CT molecular complexity index is 1850. The summed E-state index contributed by atoms with van der Waals surface area (Å²) in [5, 5.41) is 0. The van der Waals surface area contributed by atoms with E-state index in [-0.39, 0.29) is 17.5 Å². The lowest BCUT2D eigenvalue weighted by molar-refractivity contribution is 0.590. The van der Waals surface area contributed by atoms with Gasteiger partial charge in [0.15, 0.2) is 0 Å². The van der Waals surface area contributed by atoms with Gasteiger partial charge in [0, 0.05) is 34.1 Å². The van der Waals surface area contributed by atoms with E-state index in [1.54, 1.807) is 0 Å². The van der Waals surface area contributed by atoms with Gasteiger partial charge in [-0.05, 0) is 114 Å². The molecule has 0 aliphatic carbocycles. The van der Waals surface area contributed by atoms with E-state index in [0.29, 0.717) is 0 Å². The van der Waals surface area contributed by atoms with Gasteiger partial charge in [0.2, 0.25) is 0 Å². The van der Waals surface area contributed by atoms with Gasteiger partial charge in [-0.3, -0.25) is 0 Å². The Kier molecular flexibility index (Phi) is 6.64. The Labute approximate surface area is 270 Å². The van der Waals surface area contributed by atoms with Crippen LogP contribution in [0.1, 0.15) is 74.9 Å². The van der Waals surface area contributed by atoms with E-state index in [2.05, 4.69) is 170 Å². The Hall–Kier alpha value is -4.24. The summed E-state index contributed by atoms with van der Waals surface area (Å²) in [4.78, 5) is 5.06. The van der Waals surface area contributed by atoms with E-state index in [1.165, 1.54) is 83.9 Å². The summed E-state index contributed by atoms with van der Waals surface area (Å²) < 4.78 is 0. The molecule has 0 saturated heterocycles. The van der Waals surface area contributed by atoms with E-state index >= 15 is 0 Å². The topological polar surface area (TPSA) is 6.48 Å². The van der Waals surface area contributed by atoms with Crippen molar-refractivity contribution in [1.82, 2.24) is 0 Å². The van der Waals surface area contributed by atoms with Crippen molar-refractivity contribution < 1.29 is 0 Å². The standard InChI is InChI=1S/C42H45BN2/c1-26-14-18-34(28(3)22-26)44-36-20-16-30(41(5,6)7)24-32(36)43-33-25-31(42(8,9)10)17-21-37(33)45(35-19-15-27(2)23-29(35)4)39-13-11-12-38(44)40(39)43/h11-25H,1-10H3. The van der Waals surface area contributed by atoms with Crippen molar-refractivity contribution in [3.05, 3.63) is 124 Å². The fourth-order valence-electron chi connectivity index (χ4n) is 7.51. The first-order valence-corrected chi connectivity index (χ1v) is 16.4. The molecule has 2 aliphatic rings. The van der Waals surface area contributed by atoms with Crippen LogP contribution in [0.2, 0.25) is 0 Å². The minimum absolute atomic E-state index is 0.0369. The fraction of sp³-hybridized carbons (Fsp3) is 0.286. The first kappa shape index (κ1) is 29.5. The Morgan fingerprint density at radius 2 is 0.844 bits per heavy atom. The van der Waals surface area contributed by atoms with Gasteiger partial charge in [0.1, 0.15) is 0 Å². The quantitative estimate of drug-likeness (QED) is 0.186. The Balaban J connectivity index is 1.61. The van der Waals surface area contributed by atoms with E-state index < -0.39 is 0 Å². The SMILES string of the molecule is Cc1ccc(N2c3ccc(C(C)(C)C)cc3B3c4cc(C(C)(C)C)ccc4N(c4ccc(C)cc4C)c4cccc2c43)c(C)c1. The normalized spacial score (nSPS) is 13.9. The molecule has 0 aromatic heterocycles. The predicted octanol–water partition coefficient (Wildman–Crippen LogP) is 9.60. The van der Waals surface area contributed by atoms with E-state index in [4.69, 9.17) is 0 Å². The van der Waals surface area contributed by atoms with Crippen LogP contribution in [-0.2, 0) is 10.8 Å². The zero-order valence-electron chi connectivity index (χ0n) is 28.6. The van der Waals surface area contributed by atoms with Crippen molar-refractivity contribution in [2.24, 2.45) is 0 Å². The second-order valence-corrected chi connectivity index (χ2v) is 15.4. The van der Waals surface area contributed by atoms with Crippen molar-refractivity contribution in [2.45, 2.75) is 80.1 Å². The monoisotopic (exact) mass is 588 g/mol. The smallest absolute Gasteiger partial charge is 0.252 e. The highest BCUT2D eigenvalue weighted by Crippen LogP contribution is 2.46. The van der Waals surface area contributed by atoms with Gasteiger partial charge in [-0.25, -0.2) is 0 Å². The van der Waals surface area contributed by atoms with Gasteiger partial charge in [0.05, 0.1) is 0 Å². The molecule has 7 rings (SSSR count). The van der Waals surface area contributed by atoms with E-state index in [9.17, 15) is 0 Å². The largest absolute Gasteiger partial charge is 0.311 e. The summed E-state index contributed by atoms with van der Waals surface area (Å²) in [6.45, 7) is 22.9. The van der Waals surface area contributed by atoms with Crippen LogP contribution in [-0.4, -0.2) is 6.71 Å². The number of nitrogens with zero attached hydrogens (tertiary/aromatic N) is 2. The van der Waals surface area contributed by atoms with Gasteiger partial charge in [-0.2, -0.15) is 0 Å². The number of aryl methyl sites for hydroxylation is 4. The molecule has 5 aromatic carbocycles. The molecule has 3 heteroatoms. The third kappa shape index (κ3) is 4.71. The third-order valence-corrected chi connectivity index (χ3v) is 9.91. The molecule has 2 aliphatic heterocycles. The zero-order chi connectivity index (χ0) is 32.0. The van der Waals surface area contributed by atoms with E-state index in [1.807, 2.05) is 0 Å². The van der Waals surface area contributed by atoms with Crippen LogP contribution >= 0.6 is 0 Å². The number of fused-ring (bicyclic) bond motifs is 4. The molecule has 5 aromatic rings. The lowest BCUT2D eigenvalue weighted by Crippen LogP contribution is -2.61. The molecule has 226 valence electrons. The Morgan fingerprint density at radius 3 is 1.22 bits per heavy atom. The van der Waals surface area contributed by atoms with Crippen LogP contribution in [0.3, 0.4) is 0 Å². The minimum atomic E-state index is 0.0369. The van der Waals surface area contributed by atoms with Crippen LogP contribution in [0.5, 0.6) is 0 Å². The second-order valence-electron chi connectivity index (χ2n) is 15.4. The fourth-order valence-corrected chi connectivity index (χ4v) is 7.51. The van der Waals surface area contributed by atoms with Crippen molar-refractivity contribution in [1.29, 1.82) is 0 Å². The van der Waals surface area contributed by atoms with E-state index in [0.717, 1.165) is 0 Å². The summed E-state index contributed by atoms with van der Waals surface area (Å²) >= 11 is 0. The molecule has 2 nitrogen and oxygen atoms in total. The molecule has 0 radical (unpaired) electrons. The molecule has 2 heterocycles. The first-order chi connectivity index (χ1) is 21.2. The van der Waals surface area contributed by atoms with Gasteiger partial charge in [-0.1, -0.05) is 107 Å². The zero-order valence-corrected chi connectivity index (χ0v) is 28.6. The van der Waals surface area contributed by atoms with Gasteiger partial charge >= 0.3 is 0 Å². The maximum atomic E-state index is 2.53. The molecular formula is C42H45BN2. The highest BCUT2D eigenvalue weighted by molar-refractivity contribution is 7.00. The molecule has 0 spiro atoms. The first-order valence-electron chi connectivity index (χ1n) is 16.4. The average Bonchev–Trinajstić information content (AvgIpc) is 2.96. The highest BCUT2D eigenvalue weighted by Gasteiger charge is 2.44. The molecule has 0 unspecified atom stereocenters. The molecule has 0 bridgehead atoms. The Morgan fingerprint density at radius 1 is 0.444 bits per heavy atom. The molecule has 0 N–H and O–H groups in total. The molecule has 0 saturated carbocycles. The lowest BCUT2D eigenvalue weighted by atomic mass is 9.33. The van der Waals surface area contributed by atoms with Gasteiger partial charge in [-0.15, -0.1) is 0 Å². The maximum Gasteiger partial charge on any atom is 0.252 e. The highest BCUT2D eigenvalue weighted by atomic mass is 15.2. The average molecular weight is 589 g/mol. The molecular weight excluding hydrogens is 543 g/mol. The molecule has 0 fully saturated rings. The summed E-state index contributed by atoms with van der Waals surface area (Å²) in [6.07, 6.45) is 0. The van der Waals surface area contributed by atoms with Crippen LogP contribution < -0.4 is 26.2 Å². The second kappa shape index (κ2) is 10.1. The number of anilines is 6. The summed E-state index contributed by atoms with van der Waals surface area (Å²) in [6, 6.07) is 35.2. The van der Waals surface area contributed by atoms with Gasteiger partial charge < -0.3 is 9.80 Å². The van der Waals surface area contributed by atoms with Crippen LogP contribution in [0, 0.1) is 27.7 Å². The van der Waals surface area contributed by atoms with Crippen LogP contribution in [0.15, 0.2) is 91.0 Å². The third-order valence-electron chi connectivity index (χ3n) is 9.91. The van der Waals surface area contributed by atoms with Crippen molar-refractivity contribution in [3.63, 3.8) is 0 Å². The molecule has 45 heavy (non-hydrogen) atoms. The number of hydrogen-bond acceptors (Lipinski definition) is 2. The summed E-state index contributed by atoms with van der Waals surface area (Å²) in [5.74, 6) is 0.